The molecule has 17 atom stereocenters. The molecule has 0 radical (unpaired) electrons. The minimum absolute atomic E-state index is 0.00616. The smallest absolute Gasteiger partial charge is 0.303 e. The summed E-state index contributed by atoms with van der Waals surface area (Å²) in [5, 5.41) is 72.6. The number of aliphatic hydroxyl groups excluding tert-OH is 1. The Morgan fingerprint density at radius 2 is 1.06 bits per heavy atom. The third kappa shape index (κ3) is 46.7. The predicted molar refractivity (Wildman–Crippen MR) is 564 cm³/mol. The predicted octanol–water partition coefficient (Wildman–Crippen LogP) is 1.45. The summed E-state index contributed by atoms with van der Waals surface area (Å²) in [4.78, 5) is 283. The molecule has 1 aliphatic rings. The highest BCUT2D eigenvalue weighted by Crippen LogP contribution is 2.25. The number of aromatic hydroxyl groups is 1. The number of likely N-dealkylation sites (N-methyl/N-ethyl adjacent to an activating group) is 1. The number of rotatable bonds is 53. The lowest BCUT2D eigenvalue weighted by Crippen LogP contribution is -2.65. The van der Waals surface area contributed by atoms with E-state index in [2.05, 4.69) is 90.3 Å². The first kappa shape index (κ1) is 128. The maximum absolute atomic E-state index is 15.6. The maximum Gasteiger partial charge on any atom is 0.303 e. The third-order valence-corrected chi connectivity index (χ3v) is 26.5. The van der Waals surface area contributed by atoms with Crippen LogP contribution in [0.2, 0.25) is 0 Å². The molecule has 0 saturated heterocycles. The van der Waals surface area contributed by atoms with Crippen LogP contribution in [0, 0.1) is 11.8 Å². The van der Waals surface area contributed by atoms with E-state index in [4.69, 9.17) is 11.5 Å². The van der Waals surface area contributed by atoms with E-state index in [1.54, 1.807) is 109 Å². The van der Waals surface area contributed by atoms with Crippen LogP contribution in [0.4, 0.5) is 0 Å². The molecule has 150 heavy (non-hydrogen) atoms. The van der Waals surface area contributed by atoms with Crippen LogP contribution in [0.25, 0.3) is 10.9 Å². The highest BCUT2D eigenvalue weighted by atomic mass is 16.4. The van der Waals surface area contributed by atoms with Crippen molar-refractivity contribution >= 4 is 128 Å². The zero-order chi connectivity index (χ0) is 112. The molecule has 0 fully saturated rings. The van der Waals surface area contributed by atoms with Crippen molar-refractivity contribution in [1.29, 1.82) is 0 Å². The van der Waals surface area contributed by atoms with E-state index in [1.165, 1.54) is 56.9 Å². The second-order valence-corrected chi connectivity index (χ2v) is 40.7. The number of amides is 9. The first-order valence-electron chi connectivity index (χ1n) is 52.1. The zero-order valence-electron chi connectivity index (χ0n) is 89.6. The van der Waals surface area contributed by atoms with Crippen molar-refractivity contribution in [2.45, 2.75) is 346 Å². The minimum Gasteiger partial charge on any atom is -0.508 e. The molecular weight excluding hydrogens is 1930 g/mol. The van der Waals surface area contributed by atoms with Crippen molar-refractivity contribution in [1.82, 2.24) is 95.2 Å². The van der Waals surface area contributed by atoms with Gasteiger partial charge in [0, 0.05) is 102 Å². The number of phenols is 1. The molecule has 3 aromatic carbocycles. The number of carbonyl (C=O) groups excluding carboxylic acids is 19. The number of nitrogens with zero attached hydrogens (tertiary/aromatic N) is 1. The van der Waals surface area contributed by atoms with Gasteiger partial charge < -0.3 is 95.6 Å². The molecule has 0 spiro atoms. The van der Waals surface area contributed by atoms with Gasteiger partial charge in [0.1, 0.15) is 35.5 Å². The van der Waals surface area contributed by atoms with Gasteiger partial charge in [-0.05, 0) is 193 Å². The van der Waals surface area contributed by atoms with Crippen LogP contribution in [0.5, 0.6) is 5.75 Å². The van der Waals surface area contributed by atoms with E-state index in [-0.39, 0.29) is 182 Å². The molecule has 9 amide bonds. The van der Waals surface area contributed by atoms with Gasteiger partial charge in [0.25, 0.3) is 0 Å². The number of phenolic OH excluding ortho intramolecular Hbond substituents is 1. The molecular formula is C107H164N20O23. The second kappa shape index (κ2) is 65.7. The fraction of sp³-hybridized carbons (Fsp3) is 0.607. The molecule has 1 aromatic heterocycles. The van der Waals surface area contributed by atoms with Crippen molar-refractivity contribution < 1.29 is 111 Å². The number of aliphatic carboxylic acids is 1. The number of aromatic nitrogens is 1. The number of fused-ring (bicyclic) bond motifs is 1. The normalized spacial score (nSPS) is 21.2. The highest BCUT2D eigenvalue weighted by Gasteiger charge is 2.44. The molecule has 830 valence electrons. The molecule has 4 aromatic rings. The minimum atomic E-state index is -2.09. The average Bonchev–Trinajstić information content (AvgIpc) is 1.16. The monoisotopic (exact) mass is 2100 g/mol. The number of aliphatic hydroxyl groups is 1. The number of ketones is 10. The van der Waals surface area contributed by atoms with E-state index in [0.717, 1.165) is 0 Å². The molecule has 0 saturated carbocycles. The molecule has 0 unspecified atom stereocenters. The Morgan fingerprint density at radius 3 is 1.62 bits per heavy atom. The SMILES string of the molecule is CC(=O)N[C@@H](CC(C)C)C(=O)N[C@H](C(=O)N[C@@H](Cc1ccccc1)C(=O)N[C@]1(C)CCCCCCC=CCCC[C@@](C)(C(=O)CN[C@@H](C)C(=O)CCN[C@@H](C)C(=O)CCN[C@@H](C)C(=O)CCN[C@@H](C)C(=O)CCN[C@@H](C)C(=O)CN(C)CC(N)=O)NC(=O)[C@H](CC(C)C)NC(=O)[C@H](CCC(N)=O)NCN[C@@H](C)C(=O)CC(=O)[C@H](Cc2c[nH]c3ccccc23)NN[C@@H](Cc2ccc(O)cc2)C(=O)C(=O)[C@H](CCC(=O)O)NC1=O)[C@@H](C)O. The third-order valence-electron chi connectivity index (χ3n) is 26.5. The topological polar surface area (TPSA) is 666 Å². The van der Waals surface area contributed by atoms with Gasteiger partial charge in [0.15, 0.2) is 46.3 Å². The summed E-state index contributed by atoms with van der Waals surface area (Å²) in [6, 6.07) is 4.48. The van der Waals surface area contributed by atoms with Crippen LogP contribution in [0.15, 0.2) is 97.2 Å². The van der Waals surface area contributed by atoms with E-state index < -0.39 is 216 Å². The van der Waals surface area contributed by atoms with Crippen LogP contribution >= 0.6 is 0 Å². The number of hydrazine groups is 1. The molecule has 2 heterocycles. The van der Waals surface area contributed by atoms with Crippen LogP contribution in [0.3, 0.4) is 0 Å². The quantitative estimate of drug-likeness (QED) is 0.0169. The van der Waals surface area contributed by atoms with Gasteiger partial charge in [0.05, 0.1) is 98.1 Å². The van der Waals surface area contributed by atoms with Gasteiger partial charge in [-0.1, -0.05) is 120 Å². The fourth-order valence-electron chi connectivity index (χ4n) is 17.0. The van der Waals surface area contributed by atoms with Crippen LogP contribution in [0.1, 0.15) is 242 Å². The second-order valence-electron chi connectivity index (χ2n) is 40.7. The number of Topliss-reactive ketones (excluding diaryl/α,β-unsaturated/α-hetero) is 10. The number of aromatic amines is 1. The van der Waals surface area contributed by atoms with Gasteiger partial charge in [0.2, 0.25) is 64.7 Å². The number of carboxylic acid groups (broad SMARTS) is 1. The Bertz CT molecular complexity index is 5210. The van der Waals surface area contributed by atoms with Crippen molar-refractivity contribution in [2.24, 2.45) is 23.3 Å². The standard InChI is InChI=1S/C107H164N20O23/c1-63(2)52-83(118-72(12)129)101(146)122-97(71(11)128)104(149)120-85(55-73-30-24-23-25-31-73)103(148)124-107(14)47-29-22-20-18-16-17-19-21-28-46-106(13,93(138)59-114-68(8)89(134)45-50-112-66(6)87(132)43-48-110-65(5)86(131)42-49-111-67(7)88(133)44-51-113-70(10)92(137)60-127(15)61-95(109)140)123-102(147)84(53-64(3)4)119-100(145)80(38-40-94(108)139)117-62-116-69(9)90(135)57-91(136)81(56-75-58-115-78-33-27-26-32-77(75)78)125-126-82(54-74-34-36-76(130)37-35-74)99(144)98(143)79(121-105(107)150)39-41-96(141)142/h17,19,23-27,30-37,58,63-71,79-85,97,110-117,125-126,128,130H,16,18,20-22,28-29,38-57,59-62H2,1-15H3,(H2,108,139)(H2,109,140)(H,118,129)(H,119,145)(H,120,149)(H,121,150)(H,122,146)(H,123,147)(H,124,148)(H,141,142)/t65-,66-,67-,68-,69-,70-,71+,79-,80-,81-,82-,83-,84-,85-,97-,106-,107+/m0/s1. The number of H-pyrrole nitrogens is 1. The number of nitrogens with one attached hydrogen (secondary N) is 17. The molecule has 43 nitrogen and oxygen atoms in total. The molecule has 0 aliphatic carbocycles. The summed E-state index contributed by atoms with van der Waals surface area (Å²) < 4.78 is 0. The Balaban J connectivity index is 1.45. The van der Waals surface area contributed by atoms with Crippen LogP contribution < -0.4 is 96.8 Å². The number of benzene rings is 3. The van der Waals surface area contributed by atoms with Gasteiger partial charge >= 0.3 is 5.97 Å². The summed E-state index contributed by atoms with van der Waals surface area (Å²) in [5.41, 5.74) is 15.0. The van der Waals surface area contributed by atoms with Crippen LogP contribution in [-0.2, 0) is 115 Å². The van der Waals surface area contributed by atoms with E-state index in [9.17, 15) is 82.4 Å². The van der Waals surface area contributed by atoms with Gasteiger partial charge in [-0.15, -0.1) is 0 Å². The summed E-state index contributed by atoms with van der Waals surface area (Å²) in [6.45, 7) is 22.2. The number of primary amides is 2. The molecule has 0 bridgehead atoms. The first-order valence-corrected chi connectivity index (χ1v) is 52.1. The lowest BCUT2D eigenvalue weighted by atomic mass is 9.88. The zero-order valence-corrected chi connectivity index (χ0v) is 89.6. The van der Waals surface area contributed by atoms with Gasteiger partial charge in [-0.3, -0.25) is 111 Å². The summed E-state index contributed by atoms with van der Waals surface area (Å²) >= 11 is 0. The Hall–Kier alpha value is -12.3. The number of allylic oxidation sites excluding steroid dienone is 2. The Labute approximate surface area is 878 Å². The summed E-state index contributed by atoms with van der Waals surface area (Å²) in [7, 11) is 1.60. The lowest BCUT2D eigenvalue weighted by molar-refractivity contribution is -0.143. The lowest BCUT2D eigenvalue weighted by Gasteiger charge is -2.34. The largest absolute Gasteiger partial charge is 0.508 e. The maximum atomic E-state index is 15.6. The number of hydrogen-bond donors (Lipinski definition) is 22. The fourth-order valence-corrected chi connectivity index (χ4v) is 17.0. The van der Waals surface area contributed by atoms with Gasteiger partial charge in [-0.25, -0.2) is 10.9 Å². The highest BCUT2D eigenvalue weighted by molar-refractivity contribution is 6.41. The van der Waals surface area contributed by atoms with Crippen molar-refractivity contribution in [3.8, 4) is 5.75 Å². The Kier molecular flexibility index (Phi) is 56.2. The van der Waals surface area contributed by atoms with Crippen LogP contribution in [-0.4, -0.2) is 303 Å². The summed E-state index contributed by atoms with van der Waals surface area (Å²) in [5.74, 6) is -14.8. The summed E-state index contributed by atoms with van der Waals surface area (Å²) in [6.07, 6.45) is 3.34. The van der Waals surface area contributed by atoms with E-state index in [1.807, 2.05) is 39.8 Å². The molecule has 5 rings (SSSR count). The Morgan fingerprint density at radius 1 is 0.513 bits per heavy atom. The van der Waals surface area contributed by atoms with Crippen molar-refractivity contribution in [3.63, 3.8) is 0 Å². The number of hydrogen-bond acceptors (Lipinski definition) is 32. The number of para-hydroxylation sites is 1. The van der Waals surface area contributed by atoms with Crippen molar-refractivity contribution in [2.75, 3.05) is 59.5 Å². The van der Waals surface area contributed by atoms with E-state index >= 15 is 28.8 Å². The average molecular weight is 2100 g/mol. The molecule has 1 aliphatic heterocycles. The number of carbonyl (C=O) groups is 20. The van der Waals surface area contributed by atoms with Gasteiger partial charge in [-0.2, -0.15) is 0 Å². The van der Waals surface area contributed by atoms with Crippen molar-refractivity contribution in [3.05, 3.63) is 114 Å². The first-order chi connectivity index (χ1) is 70.8. The molecule has 43 heteroatoms. The number of carboxylic acids is 1. The number of nitrogens with two attached hydrogens (primary N) is 2. The molecule has 24 N–H and O–H groups in total. The van der Waals surface area contributed by atoms with E-state index in [0.29, 0.717) is 66.1 Å².